The highest BCUT2D eigenvalue weighted by molar-refractivity contribution is 7.89. The molecule has 0 radical (unpaired) electrons. The Morgan fingerprint density at radius 1 is 0.962 bits per heavy atom. The van der Waals surface area contributed by atoms with E-state index in [0.29, 0.717) is 0 Å². The van der Waals surface area contributed by atoms with Gasteiger partial charge in [0.2, 0.25) is 15.9 Å². The monoisotopic (exact) mass is 376 g/mol. The molecule has 0 aliphatic rings. The van der Waals surface area contributed by atoms with Crippen molar-refractivity contribution < 1.29 is 17.9 Å². The van der Waals surface area contributed by atoms with Gasteiger partial charge in [-0.3, -0.25) is 4.79 Å². The fourth-order valence-electron chi connectivity index (χ4n) is 2.37. The Bertz CT molecular complexity index is 816. The molecule has 0 spiro atoms. The van der Waals surface area contributed by atoms with E-state index in [1.165, 1.54) is 0 Å². The molecule has 2 aromatic rings. The highest BCUT2D eigenvalue weighted by Gasteiger charge is 2.13. The van der Waals surface area contributed by atoms with Crippen molar-refractivity contribution in [3.63, 3.8) is 0 Å². The van der Waals surface area contributed by atoms with Gasteiger partial charge in [-0.2, -0.15) is 0 Å². The first kappa shape index (κ1) is 19.9. The molecule has 1 amide bonds. The number of rotatable bonds is 9. The Kier molecular flexibility index (Phi) is 7.17. The van der Waals surface area contributed by atoms with E-state index in [0.717, 1.165) is 23.3 Å². The maximum absolute atomic E-state index is 12.2. The second kappa shape index (κ2) is 9.35. The molecule has 0 aliphatic carbocycles. The van der Waals surface area contributed by atoms with Crippen LogP contribution in [0.2, 0.25) is 0 Å². The van der Waals surface area contributed by atoms with Crippen molar-refractivity contribution in [2.75, 3.05) is 20.2 Å². The van der Waals surface area contributed by atoms with Gasteiger partial charge in [0, 0.05) is 13.1 Å². The highest BCUT2D eigenvalue weighted by atomic mass is 32.2. The third kappa shape index (κ3) is 5.86. The summed E-state index contributed by atoms with van der Waals surface area (Å²) in [6.45, 7) is 2.36. The maximum Gasteiger partial charge on any atom is 0.240 e. The van der Waals surface area contributed by atoms with Crippen LogP contribution >= 0.6 is 0 Å². The molecule has 0 heterocycles. The van der Waals surface area contributed by atoms with Crippen molar-refractivity contribution in [1.29, 1.82) is 0 Å². The van der Waals surface area contributed by atoms with Crippen molar-refractivity contribution in [3.8, 4) is 5.75 Å². The van der Waals surface area contributed by atoms with Crippen LogP contribution in [0.1, 0.15) is 18.1 Å². The average molecular weight is 376 g/mol. The van der Waals surface area contributed by atoms with E-state index >= 15 is 0 Å². The zero-order chi connectivity index (χ0) is 19.0. The predicted octanol–water partition coefficient (Wildman–Crippen LogP) is 1.89. The number of hydrogen-bond donors (Lipinski definition) is 2. The van der Waals surface area contributed by atoms with E-state index in [-0.39, 0.29) is 30.3 Å². The van der Waals surface area contributed by atoms with Crippen LogP contribution in [-0.4, -0.2) is 34.5 Å². The van der Waals surface area contributed by atoms with Crippen LogP contribution < -0.4 is 14.8 Å². The van der Waals surface area contributed by atoms with E-state index in [2.05, 4.69) is 10.0 Å². The minimum atomic E-state index is -3.56. The van der Waals surface area contributed by atoms with Crippen LogP contribution in [0.4, 0.5) is 0 Å². The van der Waals surface area contributed by atoms with Crippen LogP contribution in [-0.2, 0) is 27.7 Å². The first-order chi connectivity index (χ1) is 12.4. The largest absolute Gasteiger partial charge is 0.497 e. The summed E-state index contributed by atoms with van der Waals surface area (Å²) >= 11 is 0. The number of hydrogen-bond acceptors (Lipinski definition) is 4. The Morgan fingerprint density at radius 3 is 2.15 bits per heavy atom. The maximum atomic E-state index is 12.2. The Morgan fingerprint density at radius 2 is 1.58 bits per heavy atom. The molecule has 2 N–H and O–H groups in total. The molecule has 2 aromatic carbocycles. The predicted molar refractivity (Wildman–Crippen MR) is 101 cm³/mol. The fraction of sp³-hybridized carbons (Fsp3) is 0.316. The molecule has 0 aromatic heterocycles. The van der Waals surface area contributed by atoms with Crippen LogP contribution in [0.25, 0.3) is 0 Å². The number of benzene rings is 2. The molecular formula is C19H24N2O4S. The summed E-state index contributed by atoms with van der Waals surface area (Å²) in [5, 5.41) is 2.70. The molecule has 2 rings (SSSR count). The van der Waals surface area contributed by atoms with Crippen LogP contribution in [0, 0.1) is 0 Å². The lowest BCUT2D eigenvalue weighted by molar-refractivity contribution is -0.120. The minimum absolute atomic E-state index is 0.131. The van der Waals surface area contributed by atoms with Gasteiger partial charge in [0.1, 0.15) is 5.75 Å². The van der Waals surface area contributed by atoms with Gasteiger partial charge in [-0.15, -0.1) is 0 Å². The molecule has 0 saturated heterocycles. The molecule has 0 fully saturated rings. The van der Waals surface area contributed by atoms with Gasteiger partial charge in [0.05, 0.1) is 18.4 Å². The second-order valence-electron chi connectivity index (χ2n) is 5.77. The smallest absolute Gasteiger partial charge is 0.240 e. The lowest BCUT2D eigenvalue weighted by Crippen LogP contribution is -2.35. The van der Waals surface area contributed by atoms with Crippen molar-refractivity contribution in [3.05, 3.63) is 59.7 Å². The number of ether oxygens (including phenoxy) is 1. The van der Waals surface area contributed by atoms with Crippen LogP contribution in [0.3, 0.4) is 0 Å². The molecule has 0 bridgehead atoms. The van der Waals surface area contributed by atoms with E-state index in [1.807, 2.05) is 19.1 Å². The molecule has 140 valence electrons. The molecule has 6 nitrogen and oxygen atoms in total. The Hall–Kier alpha value is -2.38. The third-order valence-corrected chi connectivity index (χ3v) is 5.38. The normalized spacial score (nSPS) is 11.2. The number of amides is 1. The molecule has 7 heteroatoms. The molecule has 0 unspecified atom stereocenters. The summed E-state index contributed by atoms with van der Waals surface area (Å²) in [4.78, 5) is 12.1. The number of carbonyl (C=O) groups excluding carboxylic acids is 1. The molecular weight excluding hydrogens is 352 g/mol. The van der Waals surface area contributed by atoms with E-state index < -0.39 is 10.0 Å². The van der Waals surface area contributed by atoms with Gasteiger partial charge in [0.25, 0.3) is 0 Å². The Balaban J connectivity index is 1.76. The average Bonchev–Trinajstić information content (AvgIpc) is 2.66. The van der Waals surface area contributed by atoms with E-state index in [9.17, 15) is 13.2 Å². The summed E-state index contributed by atoms with van der Waals surface area (Å²) in [5.41, 5.74) is 1.94. The molecule has 0 atom stereocenters. The van der Waals surface area contributed by atoms with E-state index in [4.69, 9.17) is 4.74 Å². The van der Waals surface area contributed by atoms with Gasteiger partial charge >= 0.3 is 0 Å². The second-order valence-corrected chi connectivity index (χ2v) is 7.54. The number of nitrogens with one attached hydrogen (secondary N) is 2. The first-order valence-electron chi connectivity index (χ1n) is 8.43. The van der Waals surface area contributed by atoms with Crippen molar-refractivity contribution in [1.82, 2.24) is 10.0 Å². The minimum Gasteiger partial charge on any atom is -0.497 e. The number of methoxy groups -OCH3 is 1. The molecule has 26 heavy (non-hydrogen) atoms. The Labute approximate surface area is 154 Å². The fourth-order valence-corrected chi connectivity index (χ4v) is 3.40. The van der Waals surface area contributed by atoms with Gasteiger partial charge in [-0.05, 0) is 41.8 Å². The summed E-state index contributed by atoms with van der Waals surface area (Å²) in [6.07, 6.45) is 1.09. The number of sulfonamides is 1. The first-order valence-corrected chi connectivity index (χ1v) is 9.91. The number of carbonyl (C=O) groups is 1. The van der Waals surface area contributed by atoms with Gasteiger partial charge in [-0.1, -0.05) is 31.2 Å². The highest BCUT2D eigenvalue weighted by Crippen LogP contribution is 2.12. The zero-order valence-electron chi connectivity index (χ0n) is 15.0. The van der Waals surface area contributed by atoms with Crippen LogP contribution in [0.15, 0.2) is 53.4 Å². The van der Waals surface area contributed by atoms with Crippen molar-refractivity contribution in [2.45, 2.75) is 24.7 Å². The molecule has 0 aliphatic heterocycles. The topological polar surface area (TPSA) is 84.5 Å². The van der Waals surface area contributed by atoms with Gasteiger partial charge < -0.3 is 10.1 Å². The van der Waals surface area contributed by atoms with Crippen molar-refractivity contribution >= 4 is 15.9 Å². The zero-order valence-corrected chi connectivity index (χ0v) is 15.8. The van der Waals surface area contributed by atoms with Crippen LogP contribution in [0.5, 0.6) is 5.75 Å². The third-order valence-electron chi connectivity index (χ3n) is 3.90. The summed E-state index contributed by atoms with van der Waals surface area (Å²) in [7, 11) is -1.98. The molecule has 0 saturated carbocycles. The standard InChI is InChI=1S/C19H24N2O4S/c1-3-15-6-10-18(11-7-15)26(23,24)21-13-12-20-19(22)14-16-4-8-17(25-2)9-5-16/h4-11,21H,3,12-14H2,1-2H3,(H,20,22). The summed E-state index contributed by atoms with van der Waals surface area (Å²) < 4.78 is 31.9. The van der Waals surface area contributed by atoms with Gasteiger partial charge in [0.15, 0.2) is 0 Å². The van der Waals surface area contributed by atoms with Crippen molar-refractivity contribution in [2.24, 2.45) is 0 Å². The van der Waals surface area contributed by atoms with Gasteiger partial charge in [-0.25, -0.2) is 13.1 Å². The van der Waals surface area contributed by atoms with E-state index in [1.54, 1.807) is 43.5 Å². The lowest BCUT2D eigenvalue weighted by atomic mass is 10.1. The quantitative estimate of drug-likeness (QED) is 0.655. The SMILES string of the molecule is CCc1ccc(S(=O)(=O)NCCNC(=O)Cc2ccc(OC)cc2)cc1. The number of aryl methyl sites for hydroxylation is 1. The summed E-state index contributed by atoms with van der Waals surface area (Å²) in [6, 6.07) is 14.0. The lowest BCUT2D eigenvalue weighted by Gasteiger charge is -2.09. The summed E-state index contributed by atoms with van der Waals surface area (Å²) in [5.74, 6) is 0.567.